The van der Waals surface area contributed by atoms with Crippen LogP contribution in [0.3, 0.4) is 0 Å². The summed E-state index contributed by atoms with van der Waals surface area (Å²) in [6.07, 6.45) is 1.49. The molecule has 4 nitrogen and oxygen atoms in total. The molecule has 0 aromatic heterocycles. The summed E-state index contributed by atoms with van der Waals surface area (Å²) < 4.78 is 5.32. The summed E-state index contributed by atoms with van der Waals surface area (Å²) >= 11 is 5.94. The Kier molecular flexibility index (Phi) is 4.79. The number of halogens is 1. The minimum Gasteiger partial charge on any atom is -0.480 e. The number of aliphatic carboxylic acids is 1. The molecule has 1 N–H and O–H groups in total. The average Bonchev–Trinajstić information content (AvgIpc) is 2.85. The molecule has 5 heteroatoms. The van der Waals surface area contributed by atoms with E-state index in [1.165, 1.54) is 0 Å². The first-order chi connectivity index (χ1) is 9.86. The summed E-state index contributed by atoms with van der Waals surface area (Å²) in [5, 5.41) is 10.2. The molecule has 0 bridgehead atoms. The van der Waals surface area contributed by atoms with Crippen molar-refractivity contribution in [1.29, 1.82) is 0 Å². The van der Waals surface area contributed by atoms with E-state index < -0.39 is 12.0 Å². The van der Waals surface area contributed by atoms with Crippen molar-refractivity contribution < 1.29 is 14.6 Å². The van der Waals surface area contributed by atoms with Crippen LogP contribution in [-0.4, -0.2) is 36.9 Å². The Morgan fingerprint density at radius 2 is 2.00 bits per heavy atom. The van der Waals surface area contributed by atoms with Crippen LogP contribution in [0.25, 0.3) is 0 Å². The smallest absolute Gasteiger partial charge is 0.326 e. The van der Waals surface area contributed by atoms with Crippen molar-refractivity contribution in [3.63, 3.8) is 0 Å². The van der Waals surface area contributed by atoms with E-state index in [0.29, 0.717) is 18.1 Å². The van der Waals surface area contributed by atoms with Crippen LogP contribution in [0.15, 0.2) is 24.3 Å². The predicted molar refractivity (Wildman–Crippen MR) is 84.0 cm³/mol. The van der Waals surface area contributed by atoms with Gasteiger partial charge in [-0.1, -0.05) is 25.4 Å². The van der Waals surface area contributed by atoms with Crippen molar-refractivity contribution in [1.82, 2.24) is 0 Å². The summed E-state index contributed by atoms with van der Waals surface area (Å²) in [6.45, 7) is 4.83. The Bertz CT molecular complexity index is 501. The van der Waals surface area contributed by atoms with Gasteiger partial charge in [0.1, 0.15) is 6.04 Å². The molecule has 1 fully saturated rings. The zero-order chi connectivity index (χ0) is 15.6. The number of ether oxygens (including phenoxy) is 1. The van der Waals surface area contributed by atoms with Crippen molar-refractivity contribution in [2.24, 2.45) is 5.41 Å². The van der Waals surface area contributed by atoms with Crippen molar-refractivity contribution in [3.05, 3.63) is 29.3 Å². The number of rotatable bonds is 5. The molecule has 1 aliphatic heterocycles. The lowest BCUT2D eigenvalue weighted by Crippen LogP contribution is -2.48. The molecule has 21 heavy (non-hydrogen) atoms. The fourth-order valence-corrected chi connectivity index (χ4v) is 3.39. The van der Waals surface area contributed by atoms with Gasteiger partial charge in [0.2, 0.25) is 0 Å². The van der Waals surface area contributed by atoms with E-state index in [1.807, 2.05) is 17.0 Å². The molecular formula is C16H22ClNO3. The van der Waals surface area contributed by atoms with Crippen molar-refractivity contribution in [2.75, 3.05) is 18.6 Å². The summed E-state index contributed by atoms with van der Waals surface area (Å²) in [4.78, 5) is 13.6. The Morgan fingerprint density at radius 3 is 2.52 bits per heavy atom. The zero-order valence-electron chi connectivity index (χ0n) is 12.7. The quantitative estimate of drug-likeness (QED) is 0.905. The maximum atomic E-state index is 11.6. The Balaban J connectivity index is 2.37. The normalized spacial score (nSPS) is 22.6. The van der Waals surface area contributed by atoms with Gasteiger partial charge >= 0.3 is 5.97 Å². The Morgan fingerprint density at radius 1 is 1.38 bits per heavy atom. The SMILES string of the molecule is COCC(C)(C)C1CCC(C(=O)O)N1c1ccc(Cl)cc1. The molecule has 1 saturated heterocycles. The van der Waals surface area contributed by atoms with Gasteiger partial charge in [0.25, 0.3) is 0 Å². The largest absolute Gasteiger partial charge is 0.480 e. The van der Waals surface area contributed by atoms with Gasteiger partial charge in [0.05, 0.1) is 6.61 Å². The Labute approximate surface area is 130 Å². The highest BCUT2D eigenvalue weighted by Crippen LogP contribution is 2.40. The molecule has 2 rings (SSSR count). The van der Waals surface area contributed by atoms with Crippen LogP contribution in [0.1, 0.15) is 26.7 Å². The number of carboxylic acid groups (broad SMARTS) is 1. The van der Waals surface area contributed by atoms with Gasteiger partial charge in [-0.3, -0.25) is 0 Å². The number of carbonyl (C=O) groups is 1. The first-order valence-electron chi connectivity index (χ1n) is 7.12. The number of methoxy groups -OCH3 is 1. The predicted octanol–water partition coefficient (Wildman–Crippen LogP) is 3.43. The lowest BCUT2D eigenvalue weighted by molar-refractivity contribution is -0.138. The van der Waals surface area contributed by atoms with Crippen molar-refractivity contribution in [2.45, 2.75) is 38.8 Å². The van der Waals surface area contributed by atoms with Crippen LogP contribution in [0, 0.1) is 5.41 Å². The Hall–Kier alpha value is -1.26. The second-order valence-corrected chi connectivity index (χ2v) is 6.69. The molecule has 1 aromatic carbocycles. The molecule has 2 atom stereocenters. The monoisotopic (exact) mass is 311 g/mol. The van der Waals surface area contributed by atoms with Crippen LogP contribution in [-0.2, 0) is 9.53 Å². The van der Waals surface area contributed by atoms with Crippen molar-refractivity contribution in [3.8, 4) is 0 Å². The molecule has 0 radical (unpaired) electrons. The molecule has 0 aliphatic carbocycles. The fraction of sp³-hybridized carbons (Fsp3) is 0.562. The zero-order valence-corrected chi connectivity index (χ0v) is 13.4. The van der Waals surface area contributed by atoms with E-state index in [2.05, 4.69) is 13.8 Å². The standard InChI is InChI=1S/C16H22ClNO3/c1-16(2,10-21-3)14-9-8-13(15(19)20)18(14)12-6-4-11(17)5-7-12/h4-7,13-14H,8-10H2,1-3H3,(H,19,20). The summed E-state index contributed by atoms with van der Waals surface area (Å²) in [7, 11) is 1.68. The van der Waals surface area contributed by atoms with Crippen LogP contribution in [0.4, 0.5) is 5.69 Å². The number of nitrogens with zero attached hydrogens (tertiary/aromatic N) is 1. The average molecular weight is 312 g/mol. The van der Waals surface area contributed by atoms with Crippen LogP contribution in [0.2, 0.25) is 5.02 Å². The molecular weight excluding hydrogens is 290 g/mol. The number of hydrogen-bond acceptors (Lipinski definition) is 3. The molecule has 0 saturated carbocycles. The number of hydrogen-bond donors (Lipinski definition) is 1. The molecule has 1 heterocycles. The van der Waals surface area contributed by atoms with Gasteiger partial charge in [-0.05, 0) is 37.1 Å². The van der Waals surface area contributed by atoms with Crippen LogP contribution >= 0.6 is 11.6 Å². The fourth-order valence-electron chi connectivity index (χ4n) is 3.26. The molecule has 1 aromatic rings. The van der Waals surface area contributed by atoms with E-state index in [9.17, 15) is 9.90 Å². The lowest BCUT2D eigenvalue weighted by Gasteiger charge is -2.40. The van der Waals surface area contributed by atoms with Gasteiger partial charge < -0.3 is 14.7 Å². The van der Waals surface area contributed by atoms with E-state index in [0.717, 1.165) is 12.1 Å². The summed E-state index contributed by atoms with van der Waals surface area (Å²) in [6, 6.07) is 7.01. The third-order valence-electron chi connectivity index (χ3n) is 4.21. The minimum absolute atomic E-state index is 0.125. The first-order valence-corrected chi connectivity index (χ1v) is 7.50. The summed E-state index contributed by atoms with van der Waals surface area (Å²) in [5.74, 6) is -0.777. The van der Waals surface area contributed by atoms with Gasteiger partial charge in [-0.15, -0.1) is 0 Å². The molecule has 2 unspecified atom stereocenters. The van der Waals surface area contributed by atoms with E-state index in [1.54, 1.807) is 19.2 Å². The highest BCUT2D eigenvalue weighted by atomic mass is 35.5. The highest BCUT2D eigenvalue weighted by Gasteiger charge is 2.45. The second kappa shape index (κ2) is 6.24. The lowest BCUT2D eigenvalue weighted by atomic mass is 9.83. The second-order valence-electron chi connectivity index (χ2n) is 6.25. The maximum Gasteiger partial charge on any atom is 0.326 e. The van der Waals surface area contributed by atoms with Crippen LogP contribution in [0.5, 0.6) is 0 Å². The third-order valence-corrected chi connectivity index (χ3v) is 4.47. The minimum atomic E-state index is -0.777. The van der Waals surface area contributed by atoms with Crippen molar-refractivity contribution >= 4 is 23.3 Å². The van der Waals surface area contributed by atoms with Gasteiger partial charge in [0, 0.05) is 29.3 Å². The topological polar surface area (TPSA) is 49.8 Å². The third kappa shape index (κ3) is 3.33. The molecule has 116 valence electrons. The number of carboxylic acids is 1. The van der Waals surface area contributed by atoms with Gasteiger partial charge in [-0.25, -0.2) is 4.79 Å². The van der Waals surface area contributed by atoms with Gasteiger partial charge in [-0.2, -0.15) is 0 Å². The summed E-state index contributed by atoms with van der Waals surface area (Å²) in [5.41, 5.74) is 0.775. The molecule has 1 aliphatic rings. The molecule has 0 spiro atoms. The van der Waals surface area contributed by atoms with E-state index in [4.69, 9.17) is 16.3 Å². The number of benzene rings is 1. The first kappa shape index (κ1) is 16.1. The van der Waals surface area contributed by atoms with Gasteiger partial charge in [0.15, 0.2) is 0 Å². The van der Waals surface area contributed by atoms with E-state index in [-0.39, 0.29) is 11.5 Å². The maximum absolute atomic E-state index is 11.6. The van der Waals surface area contributed by atoms with E-state index >= 15 is 0 Å². The van der Waals surface area contributed by atoms with Crippen LogP contribution < -0.4 is 4.90 Å². The number of anilines is 1. The molecule has 0 amide bonds. The highest BCUT2D eigenvalue weighted by molar-refractivity contribution is 6.30.